The number of nitrogens with one attached hydrogen (secondary N) is 1. The molecule has 4 fully saturated rings. The van der Waals surface area contributed by atoms with Crippen molar-refractivity contribution in [3.05, 3.63) is 28.2 Å². The molecule has 5 rings (SSSR count). The molecule has 0 saturated heterocycles. The maximum absolute atomic E-state index is 12.8. The lowest BCUT2D eigenvalue weighted by atomic mass is 9.51. The summed E-state index contributed by atoms with van der Waals surface area (Å²) in [7, 11) is 0. The van der Waals surface area contributed by atoms with Gasteiger partial charge in [-0.05, 0) is 86.5 Å². The van der Waals surface area contributed by atoms with Crippen molar-refractivity contribution in [1.82, 2.24) is 0 Å². The molecule has 3 heteroatoms. The highest BCUT2D eigenvalue weighted by Crippen LogP contribution is 2.56. The van der Waals surface area contributed by atoms with Crippen LogP contribution in [0.1, 0.15) is 37.7 Å². The molecule has 4 bridgehead atoms. The zero-order valence-corrected chi connectivity index (χ0v) is 14.0. The molecule has 0 atom stereocenters. The van der Waals surface area contributed by atoms with E-state index in [1.165, 1.54) is 37.7 Å². The molecule has 0 spiro atoms. The zero-order valence-electron chi connectivity index (χ0n) is 12.4. The third-order valence-corrected chi connectivity index (χ3v) is 6.30. The van der Waals surface area contributed by atoms with E-state index in [2.05, 4.69) is 40.3 Å². The predicted octanol–water partition coefficient (Wildman–Crippen LogP) is 4.77. The van der Waals surface area contributed by atoms with Gasteiger partial charge in [-0.3, -0.25) is 4.79 Å². The van der Waals surface area contributed by atoms with E-state index in [1.54, 1.807) is 0 Å². The minimum Gasteiger partial charge on any atom is -0.326 e. The van der Waals surface area contributed by atoms with E-state index in [9.17, 15) is 4.79 Å². The Morgan fingerprint density at radius 2 is 1.67 bits per heavy atom. The number of aryl methyl sites for hydroxylation is 1. The molecule has 4 aliphatic carbocycles. The van der Waals surface area contributed by atoms with E-state index in [1.807, 2.05) is 6.07 Å². The summed E-state index contributed by atoms with van der Waals surface area (Å²) in [6, 6.07) is 6.12. The van der Waals surface area contributed by atoms with Crippen molar-refractivity contribution < 1.29 is 4.79 Å². The Morgan fingerprint density at radius 3 is 2.24 bits per heavy atom. The highest BCUT2D eigenvalue weighted by molar-refractivity contribution is 9.10. The fourth-order valence-corrected chi connectivity index (χ4v) is 6.00. The maximum Gasteiger partial charge on any atom is 0.228 e. The van der Waals surface area contributed by atoms with Crippen LogP contribution in [0.3, 0.4) is 0 Å². The summed E-state index contributed by atoms with van der Waals surface area (Å²) in [5, 5.41) is 3.18. The van der Waals surface area contributed by atoms with Crippen molar-refractivity contribution >= 4 is 27.5 Å². The summed E-state index contributed by atoms with van der Waals surface area (Å²) in [6.07, 6.45) is 6.61. The molecule has 1 aromatic carbocycles. The second-order valence-corrected chi connectivity index (χ2v) is 8.38. The molecule has 21 heavy (non-hydrogen) atoms. The van der Waals surface area contributed by atoms with E-state index in [4.69, 9.17) is 0 Å². The SMILES string of the molecule is Cc1cc(Br)cc(NC(=O)C2C3CC4CC(C3)CC2C4)c1. The molecule has 1 amide bonds. The molecule has 0 unspecified atom stereocenters. The van der Waals surface area contributed by atoms with Crippen LogP contribution in [-0.4, -0.2) is 5.91 Å². The van der Waals surface area contributed by atoms with Gasteiger partial charge in [0, 0.05) is 16.1 Å². The van der Waals surface area contributed by atoms with E-state index in [-0.39, 0.29) is 11.8 Å². The van der Waals surface area contributed by atoms with Gasteiger partial charge in [0.1, 0.15) is 0 Å². The molecule has 4 saturated carbocycles. The molecule has 0 radical (unpaired) electrons. The summed E-state index contributed by atoms with van der Waals surface area (Å²) >= 11 is 3.51. The maximum atomic E-state index is 12.8. The van der Waals surface area contributed by atoms with Gasteiger partial charge in [0.2, 0.25) is 5.91 Å². The third kappa shape index (κ3) is 2.54. The van der Waals surface area contributed by atoms with Crippen LogP contribution in [0.5, 0.6) is 0 Å². The van der Waals surface area contributed by atoms with Crippen LogP contribution in [0.15, 0.2) is 22.7 Å². The molecule has 0 aliphatic heterocycles. The van der Waals surface area contributed by atoms with E-state index in [0.29, 0.717) is 11.8 Å². The zero-order chi connectivity index (χ0) is 14.6. The largest absolute Gasteiger partial charge is 0.326 e. The number of anilines is 1. The first-order valence-electron chi connectivity index (χ1n) is 8.16. The Kier molecular flexibility index (Phi) is 3.36. The smallest absolute Gasteiger partial charge is 0.228 e. The fourth-order valence-electron chi connectivity index (χ4n) is 5.39. The van der Waals surface area contributed by atoms with Crippen molar-refractivity contribution in [2.45, 2.75) is 39.0 Å². The number of hydrogen-bond acceptors (Lipinski definition) is 1. The van der Waals surface area contributed by atoms with E-state index >= 15 is 0 Å². The molecular formula is C18H22BrNO. The van der Waals surface area contributed by atoms with Gasteiger partial charge in [-0.2, -0.15) is 0 Å². The lowest BCUT2D eigenvalue weighted by Gasteiger charge is -2.53. The van der Waals surface area contributed by atoms with Crippen molar-refractivity contribution in [3.63, 3.8) is 0 Å². The van der Waals surface area contributed by atoms with Crippen LogP contribution in [-0.2, 0) is 4.79 Å². The van der Waals surface area contributed by atoms with Crippen molar-refractivity contribution in [1.29, 1.82) is 0 Å². The molecule has 112 valence electrons. The van der Waals surface area contributed by atoms with Crippen LogP contribution in [0.25, 0.3) is 0 Å². The molecular weight excluding hydrogens is 326 g/mol. The average molecular weight is 348 g/mol. The van der Waals surface area contributed by atoms with Gasteiger partial charge in [0.25, 0.3) is 0 Å². The minimum atomic E-state index is 0.261. The second kappa shape index (κ2) is 5.12. The summed E-state index contributed by atoms with van der Waals surface area (Å²) in [4.78, 5) is 12.8. The monoisotopic (exact) mass is 347 g/mol. The lowest BCUT2D eigenvalue weighted by molar-refractivity contribution is -0.132. The lowest BCUT2D eigenvalue weighted by Crippen LogP contribution is -2.49. The van der Waals surface area contributed by atoms with Crippen LogP contribution in [0, 0.1) is 36.5 Å². The number of amides is 1. The topological polar surface area (TPSA) is 29.1 Å². The average Bonchev–Trinajstić information content (AvgIpc) is 2.35. The van der Waals surface area contributed by atoms with Crippen LogP contribution in [0.2, 0.25) is 0 Å². The number of halogens is 1. The predicted molar refractivity (Wildman–Crippen MR) is 88.0 cm³/mol. The van der Waals surface area contributed by atoms with Gasteiger partial charge in [-0.15, -0.1) is 0 Å². The highest BCUT2D eigenvalue weighted by atomic mass is 79.9. The Bertz CT molecular complexity index is 534. The van der Waals surface area contributed by atoms with Crippen molar-refractivity contribution in [2.24, 2.45) is 29.6 Å². The van der Waals surface area contributed by atoms with Crippen LogP contribution >= 0.6 is 15.9 Å². The van der Waals surface area contributed by atoms with Crippen LogP contribution in [0.4, 0.5) is 5.69 Å². The van der Waals surface area contributed by atoms with Gasteiger partial charge in [-0.25, -0.2) is 0 Å². The Morgan fingerprint density at radius 1 is 1.05 bits per heavy atom. The molecule has 0 heterocycles. The highest BCUT2D eigenvalue weighted by Gasteiger charge is 2.50. The second-order valence-electron chi connectivity index (χ2n) is 7.46. The Labute approximate surface area is 134 Å². The Balaban J connectivity index is 1.52. The Hall–Kier alpha value is -0.830. The first kappa shape index (κ1) is 13.8. The molecule has 4 aliphatic rings. The normalized spacial score (nSPS) is 36.8. The summed E-state index contributed by atoms with van der Waals surface area (Å²) in [5.41, 5.74) is 2.10. The van der Waals surface area contributed by atoms with Crippen LogP contribution < -0.4 is 5.32 Å². The number of benzene rings is 1. The van der Waals surface area contributed by atoms with Gasteiger partial charge in [0.15, 0.2) is 0 Å². The number of hydrogen-bond donors (Lipinski definition) is 1. The van der Waals surface area contributed by atoms with Crippen molar-refractivity contribution in [2.75, 3.05) is 5.32 Å². The minimum absolute atomic E-state index is 0.261. The number of carbonyl (C=O) groups excluding carboxylic acids is 1. The quantitative estimate of drug-likeness (QED) is 0.820. The third-order valence-electron chi connectivity index (χ3n) is 5.84. The number of rotatable bonds is 2. The first-order valence-corrected chi connectivity index (χ1v) is 8.96. The van der Waals surface area contributed by atoms with Gasteiger partial charge < -0.3 is 5.32 Å². The van der Waals surface area contributed by atoms with E-state index in [0.717, 1.165) is 22.0 Å². The molecule has 0 aromatic heterocycles. The standard InChI is InChI=1S/C18H22BrNO/c1-10-2-15(19)9-16(3-10)20-18(21)17-13-5-11-4-12(7-13)8-14(17)6-11/h2-3,9,11-14,17H,4-8H2,1H3,(H,20,21). The van der Waals surface area contributed by atoms with Gasteiger partial charge in [-0.1, -0.05) is 15.9 Å². The summed E-state index contributed by atoms with van der Waals surface area (Å²) < 4.78 is 1.03. The van der Waals surface area contributed by atoms with E-state index < -0.39 is 0 Å². The number of carbonyl (C=O) groups is 1. The van der Waals surface area contributed by atoms with Crippen molar-refractivity contribution in [3.8, 4) is 0 Å². The summed E-state index contributed by atoms with van der Waals surface area (Å²) in [5.74, 6) is 3.66. The molecule has 2 nitrogen and oxygen atoms in total. The van der Waals surface area contributed by atoms with Gasteiger partial charge >= 0.3 is 0 Å². The summed E-state index contributed by atoms with van der Waals surface area (Å²) in [6.45, 7) is 2.06. The van der Waals surface area contributed by atoms with Gasteiger partial charge in [0.05, 0.1) is 0 Å². The molecule has 1 aromatic rings. The molecule has 1 N–H and O–H groups in total. The first-order chi connectivity index (χ1) is 10.1. The fraction of sp³-hybridized carbons (Fsp3) is 0.611.